The standard InChI is InChI=1S/C24H27F7N4O3S/c1-15-9-16-10-19(38-39(36,37)24(29,30)31)4-5-20(16)22(35(15)14-23(26,27)28)21-6-3-17(11-32-21)33-18-12-34(13-18)8-2-7-25/h3-6,10-11,15,18,22,33H,2,7-9,12-14H2,1H3/t15-,22+/m1/s1. The quantitative estimate of drug-likeness (QED) is 0.261. The van der Waals surface area contributed by atoms with E-state index in [1.807, 2.05) is 0 Å². The fourth-order valence-electron chi connectivity index (χ4n) is 4.92. The Kier molecular flexibility index (Phi) is 8.34. The second-order valence-corrected chi connectivity index (χ2v) is 11.2. The van der Waals surface area contributed by atoms with Gasteiger partial charge in [0.15, 0.2) is 0 Å². The van der Waals surface area contributed by atoms with E-state index >= 15 is 0 Å². The molecule has 2 aliphatic heterocycles. The van der Waals surface area contributed by atoms with Crippen molar-refractivity contribution in [1.29, 1.82) is 0 Å². The predicted molar refractivity (Wildman–Crippen MR) is 128 cm³/mol. The van der Waals surface area contributed by atoms with Crippen molar-refractivity contribution in [2.45, 2.75) is 49.6 Å². The normalized spacial score (nSPS) is 21.3. The number of pyridine rings is 1. The number of aromatic nitrogens is 1. The van der Waals surface area contributed by atoms with Crippen LogP contribution in [0.1, 0.15) is 36.2 Å². The number of rotatable bonds is 9. The molecule has 1 saturated heterocycles. The van der Waals surface area contributed by atoms with Crippen LogP contribution in [0.4, 0.5) is 36.4 Å². The molecule has 4 rings (SSSR count). The summed E-state index contributed by atoms with van der Waals surface area (Å²) in [5.74, 6) is -0.588. The minimum atomic E-state index is -5.91. The zero-order valence-electron chi connectivity index (χ0n) is 20.8. The van der Waals surface area contributed by atoms with Gasteiger partial charge in [0, 0.05) is 25.7 Å². The van der Waals surface area contributed by atoms with Gasteiger partial charge >= 0.3 is 21.8 Å². The Bertz CT molecular complexity index is 1250. The molecule has 1 aromatic heterocycles. The van der Waals surface area contributed by atoms with E-state index in [2.05, 4.69) is 19.4 Å². The molecule has 0 spiro atoms. The lowest BCUT2D eigenvalue weighted by Gasteiger charge is -2.42. The lowest BCUT2D eigenvalue weighted by atomic mass is 9.86. The fourth-order valence-corrected chi connectivity index (χ4v) is 5.37. The molecule has 1 N–H and O–H groups in total. The van der Waals surface area contributed by atoms with Crippen LogP contribution in [0, 0.1) is 0 Å². The van der Waals surface area contributed by atoms with Gasteiger partial charge in [-0.2, -0.15) is 34.8 Å². The van der Waals surface area contributed by atoms with Crippen molar-refractivity contribution in [3.05, 3.63) is 53.3 Å². The van der Waals surface area contributed by atoms with Gasteiger partial charge < -0.3 is 9.50 Å². The largest absolute Gasteiger partial charge is 0.534 e. The van der Waals surface area contributed by atoms with Crippen LogP contribution in [0.3, 0.4) is 0 Å². The number of anilines is 1. The van der Waals surface area contributed by atoms with E-state index in [0.717, 1.165) is 25.2 Å². The Morgan fingerprint density at radius 2 is 1.82 bits per heavy atom. The van der Waals surface area contributed by atoms with Crippen LogP contribution in [0.25, 0.3) is 0 Å². The molecule has 2 aliphatic rings. The minimum Gasteiger partial charge on any atom is -0.378 e. The lowest BCUT2D eigenvalue weighted by molar-refractivity contribution is -0.155. The average Bonchev–Trinajstić information content (AvgIpc) is 2.80. The summed E-state index contributed by atoms with van der Waals surface area (Å²) in [7, 11) is -5.91. The molecular weight excluding hydrogens is 557 g/mol. The molecule has 2 aromatic rings. The number of alkyl halides is 7. The Morgan fingerprint density at radius 1 is 1.10 bits per heavy atom. The minimum absolute atomic E-state index is 0.0193. The van der Waals surface area contributed by atoms with Crippen molar-refractivity contribution in [2.75, 3.05) is 38.2 Å². The van der Waals surface area contributed by atoms with Gasteiger partial charge in [0.25, 0.3) is 0 Å². The Balaban J connectivity index is 1.59. The molecule has 0 unspecified atom stereocenters. The number of nitrogens with one attached hydrogen (secondary N) is 1. The van der Waals surface area contributed by atoms with Crippen molar-refractivity contribution in [1.82, 2.24) is 14.8 Å². The summed E-state index contributed by atoms with van der Waals surface area (Å²) < 4.78 is 118. The van der Waals surface area contributed by atoms with Crippen LogP contribution in [0.15, 0.2) is 36.5 Å². The van der Waals surface area contributed by atoms with Crippen LogP contribution in [-0.2, 0) is 16.5 Å². The summed E-state index contributed by atoms with van der Waals surface area (Å²) in [4.78, 5) is 7.70. The number of benzene rings is 1. The highest BCUT2D eigenvalue weighted by Gasteiger charge is 2.49. The first-order valence-corrected chi connectivity index (χ1v) is 13.5. The molecule has 2 atom stereocenters. The first-order valence-electron chi connectivity index (χ1n) is 12.1. The number of likely N-dealkylation sites (tertiary alicyclic amines) is 1. The maximum absolute atomic E-state index is 13.5. The topological polar surface area (TPSA) is 74.8 Å². The molecule has 0 amide bonds. The Morgan fingerprint density at radius 3 is 2.41 bits per heavy atom. The van der Waals surface area contributed by atoms with Crippen molar-refractivity contribution >= 4 is 15.8 Å². The molecule has 3 heterocycles. The number of halogens is 7. The van der Waals surface area contributed by atoms with Gasteiger partial charge in [-0.15, -0.1) is 0 Å². The van der Waals surface area contributed by atoms with Gasteiger partial charge in [0.2, 0.25) is 0 Å². The summed E-state index contributed by atoms with van der Waals surface area (Å²) in [6.45, 7) is 2.02. The van der Waals surface area contributed by atoms with E-state index in [4.69, 9.17) is 0 Å². The molecule has 0 bridgehead atoms. The Labute approximate surface area is 221 Å². The summed E-state index contributed by atoms with van der Waals surface area (Å²) >= 11 is 0. The van der Waals surface area contributed by atoms with E-state index in [1.54, 1.807) is 19.1 Å². The summed E-state index contributed by atoms with van der Waals surface area (Å²) in [6, 6.07) is 5.05. The maximum Gasteiger partial charge on any atom is 0.534 e. The van der Waals surface area contributed by atoms with Crippen LogP contribution in [0.2, 0.25) is 0 Å². The van der Waals surface area contributed by atoms with Crippen LogP contribution in [0.5, 0.6) is 5.75 Å². The average molecular weight is 585 g/mol. The molecule has 1 fully saturated rings. The molecule has 7 nitrogen and oxygen atoms in total. The highest BCUT2D eigenvalue weighted by molar-refractivity contribution is 7.88. The zero-order valence-corrected chi connectivity index (χ0v) is 21.6. The van der Waals surface area contributed by atoms with Gasteiger partial charge in [-0.05, 0) is 55.2 Å². The molecule has 0 saturated carbocycles. The molecule has 216 valence electrons. The molecule has 0 aliphatic carbocycles. The predicted octanol–water partition coefficient (Wildman–Crippen LogP) is 4.66. The van der Waals surface area contributed by atoms with Crippen molar-refractivity contribution in [3.63, 3.8) is 0 Å². The second-order valence-electron chi connectivity index (χ2n) is 9.70. The smallest absolute Gasteiger partial charge is 0.378 e. The number of hydrogen-bond acceptors (Lipinski definition) is 7. The van der Waals surface area contributed by atoms with E-state index in [0.29, 0.717) is 29.8 Å². The molecule has 1 aromatic carbocycles. The van der Waals surface area contributed by atoms with E-state index in [1.165, 1.54) is 17.2 Å². The first kappa shape index (κ1) is 29.3. The van der Waals surface area contributed by atoms with Crippen LogP contribution < -0.4 is 9.50 Å². The third kappa shape index (κ3) is 6.92. The van der Waals surface area contributed by atoms with Gasteiger partial charge in [0.1, 0.15) is 5.75 Å². The van der Waals surface area contributed by atoms with Gasteiger partial charge in [-0.3, -0.25) is 19.2 Å². The zero-order chi connectivity index (χ0) is 28.6. The maximum atomic E-state index is 13.5. The molecular formula is C24H27F7N4O3S. The lowest BCUT2D eigenvalue weighted by Crippen LogP contribution is -2.54. The van der Waals surface area contributed by atoms with Crippen LogP contribution in [-0.4, -0.2) is 79.8 Å². The third-order valence-electron chi connectivity index (χ3n) is 6.68. The summed E-state index contributed by atoms with van der Waals surface area (Å²) in [5, 5.41) is 3.28. The summed E-state index contributed by atoms with van der Waals surface area (Å²) in [5.41, 5.74) is -3.99. The second kappa shape index (κ2) is 11.1. The fraction of sp³-hybridized carbons (Fsp3) is 0.542. The van der Waals surface area contributed by atoms with Crippen LogP contribution >= 0.6 is 0 Å². The molecule has 15 heteroatoms. The monoisotopic (exact) mass is 584 g/mol. The summed E-state index contributed by atoms with van der Waals surface area (Å²) in [6.07, 6.45) is -2.55. The highest BCUT2D eigenvalue weighted by atomic mass is 32.2. The molecule has 0 radical (unpaired) electrons. The number of hydrogen-bond donors (Lipinski definition) is 1. The van der Waals surface area contributed by atoms with Gasteiger partial charge in [0.05, 0.1) is 42.9 Å². The first-order chi connectivity index (χ1) is 18.2. The van der Waals surface area contributed by atoms with Crippen molar-refractivity contribution in [2.24, 2.45) is 0 Å². The number of fused-ring (bicyclic) bond motifs is 1. The van der Waals surface area contributed by atoms with E-state index in [-0.39, 0.29) is 24.8 Å². The van der Waals surface area contributed by atoms with E-state index in [9.17, 15) is 39.2 Å². The Hall–Kier alpha value is -2.65. The van der Waals surface area contributed by atoms with Crippen molar-refractivity contribution in [3.8, 4) is 5.75 Å². The van der Waals surface area contributed by atoms with E-state index < -0.39 is 46.2 Å². The molecule has 39 heavy (non-hydrogen) atoms. The highest BCUT2D eigenvalue weighted by Crippen LogP contribution is 2.41. The third-order valence-corrected chi connectivity index (χ3v) is 7.65. The van der Waals surface area contributed by atoms with Crippen molar-refractivity contribution < 1.29 is 43.3 Å². The SMILES string of the molecule is C[C@@H]1Cc2cc(OS(=O)(=O)C(F)(F)F)ccc2[C@@H](c2ccc(NC3CN(CCCF)C3)cn2)N1CC(F)(F)F. The number of nitrogens with zero attached hydrogens (tertiary/aromatic N) is 3. The van der Waals surface area contributed by atoms with Gasteiger partial charge in [-0.1, -0.05) is 6.07 Å². The van der Waals surface area contributed by atoms with Gasteiger partial charge in [-0.25, -0.2) is 0 Å².